The SMILES string of the molecule is NC1CCCCC1NC(=O)N1C[C@@H](O)C[C@H]1C(=O)O. The first-order valence-corrected chi connectivity index (χ1v) is 6.72. The predicted octanol–water partition coefficient (Wildman–Crippen LogP) is -0.514. The third-order valence-electron chi connectivity index (χ3n) is 3.95. The van der Waals surface area contributed by atoms with E-state index in [1.54, 1.807) is 0 Å². The summed E-state index contributed by atoms with van der Waals surface area (Å²) in [7, 11) is 0. The van der Waals surface area contributed by atoms with Crippen LogP contribution in [0, 0.1) is 0 Å². The van der Waals surface area contributed by atoms with E-state index in [-0.39, 0.29) is 25.0 Å². The number of carbonyl (C=O) groups excluding carboxylic acids is 1. The first-order valence-electron chi connectivity index (χ1n) is 6.72. The molecule has 19 heavy (non-hydrogen) atoms. The zero-order valence-electron chi connectivity index (χ0n) is 10.8. The number of likely N-dealkylation sites (tertiary alicyclic amines) is 1. The number of rotatable bonds is 2. The van der Waals surface area contributed by atoms with Crippen LogP contribution in [0.2, 0.25) is 0 Å². The number of aliphatic carboxylic acids is 1. The van der Waals surface area contributed by atoms with E-state index in [9.17, 15) is 14.7 Å². The first-order chi connectivity index (χ1) is 8.99. The third kappa shape index (κ3) is 3.16. The van der Waals surface area contributed by atoms with E-state index in [0.29, 0.717) is 0 Å². The van der Waals surface area contributed by atoms with Crippen molar-refractivity contribution in [2.75, 3.05) is 6.54 Å². The number of hydrogen-bond donors (Lipinski definition) is 4. The van der Waals surface area contributed by atoms with Crippen molar-refractivity contribution >= 4 is 12.0 Å². The van der Waals surface area contributed by atoms with Crippen LogP contribution in [0.3, 0.4) is 0 Å². The Kier molecular flexibility index (Phi) is 4.26. The zero-order valence-corrected chi connectivity index (χ0v) is 10.8. The van der Waals surface area contributed by atoms with Crippen LogP contribution >= 0.6 is 0 Å². The van der Waals surface area contributed by atoms with Crippen LogP contribution in [0.25, 0.3) is 0 Å². The Labute approximate surface area is 111 Å². The van der Waals surface area contributed by atoms with Gasteiger partial charge in [0.15, 0.2) is 0 Å². The highest BCUT2D eigenvalue weighted by atomic mass is 16.4. The normalized spacial score (nSPS) is 35.2. The molecule has 0 aromatic heterocycles. The summed E-state index contributed by atoms with van der Waals surface area (Å²) in [5, 5.41) is 21.4. The Morgan fingerprint density at radius 2 is 1.95 bits per heavy atom. The van der Waals surface area contributed by atoms with Crippen LogP contribution in [0.5, 0.6) is 0 Å². The van der Waals surface area contributed by atoms with Gasteiger partial charge in [-0.15, -0.1) is 0 Å². The average Bonchev–Trinajstić information content (AvgIpc) is 2.74. The van der Waals surface area contributed by atoms with Crippen LogP contribution in [0.15, 0.2) is 0 Å². The molecule has 1 aliphatic heterocycles. The summed E-state index contributed by atoms with van der Waals surface area (Å²) in [6.45, 7) is 0.0603. The van der Waals surface area contributed by atoms with E-state index in [1.807, 2.05) is 0 Å². The molecule has 7 heteroatoms. The number of aliphatic hydroxyl groups excluding tert-OH is 1. The van der Waals surface area contributed by atoms with Gasteiger partial charge in [-0.3, -0.25) is 0 Å². The molecule has 4 atom stereocenters. The molecular weight excluding hydrogens is 250 g/mol. The van der Waals surface area contributed by atoms with Crippen molar-refractivity contribution in [2.24, 2.45) is 5.73 Å². The maximum atomic E-state index is 12.1. The molecule has 2 fully saturated rings. The number of carboxylic acids is 1. The lowest BCUT2D eigenvalue weighted by Crippen LogP contribution is -2.55. The van der Waals surface area contributed by atoms with Gasteiger partial charge in [-0.05, 0) is 12.8 Å². The van der Waals surface area contributed by atoms with Crippen LogP contribution < -0.4 is 11.1 Å². The maximum absolute atomic E-state index is 12.1. The number of nitrogens with zero attached hydrogens (tertiary/aromatic N) is 1. The highest BCUT2D eigenvalue weighted by Crippen LogP contribution is 2.20. The number of carboxylic acid groups (broad SMARTS) is 1. The second-order valence-corrected chi connectivity index (χ2v) is 5.40. The average molecular weight is 271 g/mol. The first kappa shape index (κ1) is 14.1. The third-order valence-corrected chi connectivity index (χ3v) is 3.95. The number of nitrogens with two attached hydrogens (primary N) is 1. The van der Waals surface area contributed by atoms with Gasteiger partial charge in [0, 0.05) is 25.0 Å². The van der Waals surface area contributed by atoms with Gasteiger partial charge >= 0.3 is 12.0 Å². The van der Waals surface area contributed by atoms with Gasteiger partial charge in [0.2, 0.25) is 0 Å². The Balaban J connectivity index is 1.96. The molecule has 0 radical (unpaired) electrons. The smallest absolute Gasteiger partial charge is 0.326 e. The molecule has 0 bridgehead atoms. The van der Waals surface area contributed by atoms with Crippen LogP contribution in [0.1, 0.15) is 32.1 Å². The highest BCUT2D eigenvalue weighted by molar-refractivity contribution is 5.83. The van der Waals surface area contributed by atoms with Gasteiger partial charge < -0.3 is 26.2 Å². The summed E-state index contributed by atoms with van der Waals surface area (Å²) in [5.74, 6) is -1.08. The number of nitrogens with one attached hydrogen (secondary N) is 1. The Hall–Kier alpha value is -1.34. The molecule has 108 valence electrons. The minimum absolute atomic E-state index is 0.0603. The molecule has 2 rings (SSSR count). The summed E-state index contributed by atoms with van der Waals surface area (Å²) in [4.78, 5) is 24.4. The van der Waals surface area contributed by atoms with Gasteiger partial charge in [0.1, 0.15) is 6.04 Å². The number of β-amino-alcohol motifs (C(OH)–C–C–N with tert-alkyl or cyclic N) is 1. The van der Waals surface area contributed by atoms with Crippen molar-refractivity contribution in [1.29, 1.82) is 0 Å². The maximum Gasteiger partial charge on any atom is 0.326 e. The van der Waals surface area contributed by atoms with Crippen molar-refractivity contribution in [3.05, 3.63) is 0 Å². The second kappa shape index (κ2) is 5.75. The lowest BCUT2D eigenvalue weighted by Gasteiger charge is -2.31. The quantitative estimate of drug-likeness (QED) is 0.539. The molecular formula is C12H21N3O4. The van der Waals surface area contributed by atoms with Gasteiger partial charge in [0.25, 0.3) is 0 Å². The highest BCUT2D eigenvalue weighted by Gasteiger charge is 2.39. The fraction of sp³-hybridized carbons (Fsp3) is 0.833. The van der Waals surface area contributed by atoms with E-state index < -0.39 is 24.1 Å². The van der Waals surface area contributed by atoms with Crippen molar-refractivity contribution in [3.8, 4) is 0 Å². The lowest BCUT2D eigenvalue weighted by atomic mass is 9.91. The largest absolute Gasteiger partial charge is 0.480 e. The fourth-order valence-electron chi connectivity index (χ4n) is 2.85. The number of urea groups is 1. The molecule has 1 heterocycles. The fourth-order valence-corrected chi connectivity index (χ4v) is 2.85. The summed E-state index contributed by atoms with van der Waals surface area (Å²) in [5.41, 5.74) is 5.95. The van der Waals surface area contributed by atoms with E-state index in [0.717, 1.165) is 25.7 Å². The molecule has 0 aromatic rings. The van der Waals surface area contributed by atoms with E-state index >= 15 is 0 Å². The Bertz CT molecular complexity index is 363. The van der Waals surface area contributed by atoms with Gasteiger partial charge in [0.05, 0.1) is 6.10 Å². The second-order valence-electron chi connectivity index (χ2n) is 5.40. The Morgan fingerprint density at radius 1 is 1.26 bits per heavy atom. The zero-order chi connectivity index (χ0) is 14.0. The molecule has 2 aliphatic rings. The van der Waals surface area contributed by atoms with Gasteiger partial charge in [-0.1, -0.05) is 12.8 Å². The number of carbonyl (C=O) groups is 2. The van der Waals surface area contributed by atoms with E-state index in [2.05, 4.69) is 5.32 Å². The minimum atomic E-state index is -1.08. The van der Waals surface area contributed by atoms with E-state index in [4.69, 9.17) is 10.8 Å². The van der Waals surface area contributed by atoms with Crippen molar-refractivity contribution in [2.45, 2.75) is 56.3 Å². The molecule has 2 unspecified atom stereocenters. The summed E-state index contributed by atoms with van der Waals surface area (Å²) >= 11 is 0. The summed E-state index contributed by atoms with van der Waals surface area (Å²) < 4.78 is 0. The van der Waals surface area contributed by atoms with Crippen LogP contribution in [-0.2, 0) is 4.79 Å². The van der Waals surface area contributed by atoms with Crippen LogP contribution in [0.4, 0.5) is 4.79 Å². The number of aliphatic hydroxyl groups is 1. The number of amides is 2. The van der Waals surface area contributed by atoms with Crippen molar-refractivity contribution in [3.63, 3.8) is 0 Å². The van der Waals surface area contributed by atoms with Gasteiger partial charge in [-0.2, -0.15) is 0 Å². The molecule has 1 saturated carbocycles. The molecule has 1 aliphatic carbocycles. The standard InChI is InChI=1S/C12H21N3O4/c13-8-3-1-2-4-9(8)14-12(19)15-6-7(16)5-10(15)11(17)18/h7-10,16H,1-6,13H2,(H,14,19)(H,17,18)/t7-,8?,9?,10-/m0/s1. The van der Waals surface area contributed by atoms with E-state index in [1.165, 1.54) is 4.90 Å². The summed E-state index contributed by atoms with van der Waals surface area (Å²) in [6, 6.07) is -1.57. The minimum Gasteiger partial charge on any atom is -0.480 e. The Morgan fingerprint density at radius 3 is 2.58 bits per heavy atom. The lowest BCUT2D eigenvalue weighted by molar-refractivity contribution is -0.141. The van der Waals surface area contributed by atoms with Crippen molar-refractivity contribution in [1.82, 2.24) is 10.2 Å². The molecule has 1 saturated heterocycles. The molecule has 5 N–H and O–H groups in total. The molecule has 2 amide bonds. The monoisotopic (exact) mass is 271 g/mol. The molecule has 7 nitrogen and oxygen atoms in total. The van der Waals surface area contributed by atoms with Gasteiger partial charge in [-0.25, -0.2) is 9.59 Å². The molecule has 0 aromatic carbocycles. The summed E-state index contributed by atoms with van der Waals surface area (Å²) in [6.07, 6.45) is 3.08. The topological polar surface area (TPSA) is 116 Å². The number of hydrogen-bond acceptors (Lipinski definition) is 4. The predicted molar refractivity (Wildman–Crippen MR) is 67.5 cm³/mol. The molecule has 0 spiro atoms. The van der Waals surface area contributed by atoms with Crippen LogP contribution in [-0.4, -0.2) is 57.9 Å². The van der Waals surface area contributed by atoms with Crippen molar-refractivity contribution < 1.29 is 19.8 Å².